The first-order valence-electron chi connectivity index (χ1n) is 9.38. The second-order valence-corrected chi connectivity index (χ2v) is 7.98. The van der Waals surface area contributed by atoms with Gasteiger partial charge in [-0.15, -0.1) is 23.7 Å². The van der Waals surface area contributed by atoms with E-state index in [1.54, 1.807) is 12.3 Å². The van der Waals surface area contributed by atoms with Gasteiger partial charge in [0, 0.05) is 23.5 Å². The van der Waals surface area contributed by atoms with Crippen molar-refractivity contribution in [2.75, 3.05) is 6.54 Å². The molecule has 6 nitrogen and oxygen atoms in total. The fourth-order valence-electron chi connectivity index (χ4n) is 3.51. The maximum absolute atomic E-state index is 12.9. The number of carbonyl (C=O) groups is 1. The number of rotatable bonds is 4. The third-order valence-corrected chi connectivity index (χ3v) is 6.18. The molecule has 1 aliphatic rings. The minimum Gasteiger partial charge on any atom is -0.487 e. The van der Waals surface area contributed by atoms with E-state index in [1.807, 2.05) is 18.2 Å². The van der Waals surface area contributed by atoms with Crippen LogP contribution in [0, 0.1) is 5.82 Å². The monoisotopic (exact) mass is 457 g/mol. The first kappa shape index (κ1) is 21.0. The van der Waals surface area contributed by atoms with Gasteiger partial charge in [-0.05, 0) is 47.7 Å². The van der Waals surface area contributed by atoms with Crippen molar-refractivity contribution >= 4 is 39.7 Å². The number of benzene rings is 1. The van der Waals surface area contributed by atoms with Crippen molar-refractivity contribution in [3.63, 3.8) is 0 Å². The minimum atomic E-state index is -0.412. The third-order valence-electron chi connectivity index (χ3n) is 4.99. The molecule has 0 bridgehead atoms. The van der Waals surface area contributed by atoms with Crippen LogP contribution in [0.25, 0.3) is 15.8 Å². The molecule has 0 radical (unpaired) electrons. The largest absolute Gasteiger partial charge is 0.487 e. The Kier molecular flexibility index (Phi) is 5.75. The number of ether oxygens (including phenoxy) is 1. The maximum Gasteiger partial charge on any atom is 0.261 e. The second-order valence-electron chi connectivity index (χ2n) is 6.92. The van der Waals surface area contributed by atoms with Gasteiger partial charge in [0.05, 0.1) is 22.5 Å². The molecule has 1 aliphatic heterocycles. The smallest absolute Gasteiger partial charge is 0.261 e. The molecule has 0 fully saturated rings. The van der Waals surface area contributed by atoms with Crippen molar-refractivity contribution in [2.45, 2.75) is 13.0 Å². The van der Waals surface area contributed by atoms with Crippen LogP contribution in [0.15, 0.2) is 59.7 Å². The average Bonchev–Trinajstić information content (AvgIpc) is 3.13. The van der Waals surface area contributed by atoms with E-state index in [9.17, 15) is 14.0 Å². The van der Waals surface area contributed by atoms with Crippen molar-refractivity contribution in [2.24, 2.45) is 0 Å². The van der Waals surface area contributed by atoms with Crippen molar-refractivity contribution in [3.8, 4) is 11.4 Å². The highest BCUT2D eigenvalue weighted by Gasteiger charge is 2.22. The number of nitrogens with zero attached hydrogens (tertiary/aromatic N) is 2. The molecule has 158 valence electrons. The Balaban J connectivity index is 0.00000231. The lowest BCUT2D eigenvalue weighted by Crippen LogP contribution is -2.30. The van der Waals surface area contributed by atoms with Gasteiger partial charge in [0.2, 0.25) is 0 Å². The summed E-state index contributed by atoms with van der Waals surface area (Å²) in [5, 5.41) is 3.93. The molecule has 0 saturated heterocycles. The molecule has 4 heterocycles. The zero-order valence-electron chi connectivity index (χ0n) is 16.1. The number of aromatic nitrogens is 2. The highest BCUT2D eigenvalue weighted by molar-refractivity contribution is 7.21. The molecule has 1 aromatic carbocycles. The lowest BCUT2D eigenvalue weighted by atomic mass is 10.0. The van der Waals surface area contributed by atoms with E-state index in [2.05, 4.69) is 10.3 Å². The Morgan fingerprint density at radius 1 is 1.16 bits per heavy atom. The van der Waals surface area contributed by atoms with Crippen molar-refractivity contribution in [1.82, 2.24) is 14.9 Å². The van der Waals surface area contributed by atoms with E-state index in [0.717, 1.165) is 38.8 Å². The van der Waals surface area contributed by atoms with Crippen molar-refractivity contribution < 1.29 is 13.9 Å². The van der Waals surface area contributed by atoms with Crippen LogP contribution in [-0.2, 0) is 13.0 Å². The Morgan fingerprint density at radius 2 is 2.03 bits per heavy atom. The first-order chi connectivity index (χ1) is 14.6. The fourth-order valence-corrected chi connectivity index (χ4v) is 4.72. The summed E-state index contributed by atoms with van der Waals surface area (Å²) in [7, 11) is 0. The predicted octanol–water partition coefficient (Wildman–Crippen LogP) is 3.87. The lowest BCUT2D eigenvalue weighted by Gasteiger charge is -2.12. The summed E-state index contributed by atoms with van der Waals surface area (Å²) in [5.74, 6) is -0.0365. The standard InChI is InChI=1S/C22H16FN3O3S.ClH/c23-13-1-2-14(25-11-13)12-29-16-6-8-26(20(27)10-16)15-3-4-17-18-5-7-24-22(28)21(18)30-19(17)9-15;/h1-4,6,8-11H,5,7,12H2,(H,24,28);1H. The second kappa shape index (κ2) is 8.49. The van der Waals surface area contributed by atoms with Crippen LogP contribution in [-0.4, -0.2) is 22.0 Å². The molecule has 0 atom stereocenters. The zero-order valence-corrected chi connectivity index (χ0v) is 17.8. The molecule has 1 N–H and O–H groups in total. The van der Waals surface area contributed by atoms with E-state index in [-0.39, 0.29) is 30.5 Å². The number of carbonyl (C=O) groups excluding carboxylic acids is 1. The normalized spacial score (nSPS) is 12.7. The molecule has 0 aliphatic carbocycles. The number of halogens is 2. The SMILES string of the molecule is Cl.O=C1NCCc2c1sc1cc(-n3ccc(OCc4ccc(F)cn4)cc3=O)ccc21. The summed E-state index contributed by atoms with van der Waals surface area (Å²) in [6, 6.07) is 11.7. The summed E-state index contributed by atoms with van der Waals surface area (Å²) < 4.78 is 21.0. The Labute approximate surface area is 186 Å². The van der Waals surface area contributed by atoms with Gasteiger partial charge in [0.15, 0.2) is 0 Å². The van der Waals surface area contributed by atoms with Crippen LogP contribution < -0.4 is 15.6 Å². The molecule has 5 rings (SSSR count). The van der Waals surface area contributed by atoms with Gasteiger partial charge in [-0.1, -0.05) is 6.07 Å². The number of hydrogen-bond acceptors (Lipinski definition) is 5. The molecule has 9 heteroatoms. The number of hydrogen-bond donors (Lipinski definition) is 1. The number of nitrogens with one attached hydrogen (secondary N) is 1. The molecular weight excluding hydrogens is 441 g/mol. The molecule has 0 unspecified atom stereocenters. The number of thiophene rings is 1. The Bertz CT molecular complexity index is 1330. The zero-order chi connectivity index (χ0) is 20.7. The number of amides is 1. The molecule has 3 aromatic heterocycles. The summed E-state index contributed by atoms with van der Waals surface area (Å²) in [4.78, 5) is 29.4. The quantitative estimate of drug-likeness (QED) is 0.505. The highest BCUT2D eigenvalue weighted by atomic mass is 35.5. The molecule has 0 saturated carbocycles. The lowest BCUT2D eigenvalue weighted by molar-refractivity contribution is 0.0951. The fraction of sp³-hybridized carbons (Fsp3) is 0.136. The van der Waals surface area contributed by atoms with E-state index in [0.29, 0.717) is 18.0 Å². The van der Waals surface area contributed by atoms with E-state index in [4.69, 9.17) is 4.74 Å². The summed E-state index contributed by atoms with van der Waals surface area (Å²) >= 11 is 1.45. The third kappa shape index (κ3) is 4.04. The van der Waals surface area contributed by atoms with Crippen LogP contribution in [0.5, 0.6) is 5.75 Å². The summed E-state index contributed by atoms with van der Waals surface area (Å²) in [6.07, 6.45) is 3.59. The van der Waals surface area contributed by atoms with Gasteiger partial charge in [-0.25, -0.2) is 4.39 Å². The van der Waals surface area contributed by atoms with Crippen LogP contribution in [0.2, 0.25) is 0 Å². The Morgan fingerprint density at radius 3 is 2.81 bits per heavy atom. The predicted molar refractivity (Wildman–Crippen MR) is 119 cm³/mol. The van der Waals surface area contributed by atoms with Gasteiger partial charge in [0.1, 0.15) is 18.2 Å². The van der Waals surface area contributed by atoms with Crippen molar-refractivity contribution in [1.29, 1.82) is 0 Å². The van der Waals surface area contributed by atoms with Gasteiger partial charge in [-0.3, -0.25) is 19.1 Å². The van der Waals surface area contributed by atoms with E-state index >= 15 is 0 Å². The molecular formula is C22H17ClFN3O3S. The molecule has 1 amide bonds. The van der Waals surface area contributed by atoms with Gasteiger partial charge < -0.3 is 10.1 Å². The maximum atomic E-state index is 12.9. The average molecular weight is 458 g/mol. The summed E-state index contributed by atoms with van der Waals surface area (Å²) in [5.41, 5.74) is 2.13. The Hall–Kier alpha value is -3.23. The van der Waals surface area contributed by atoms with E-state index < -0.39 is 5.82 Å². The van der Waals surface area contributed by atoms with Gasteiger partial charge in [0.25, 0.3) is 11.5 Å². The van der Waals surface area contributed by atoms with Gasteiger partial charge >= 0.3 is 0 Å². The highest BCUT2D eigenvalue weighted by Crippen LogP contribution is 2.34. The number of pyridine rings is 2. The summed E-state index contributed by atoms with van der Waals surface area (Å²) in [6.45, 7) is 0.784. The topological polar surface area (TPSA) is 73.2 Å². The molecule has 4 aromatic rings. The van der Waals surface area contributed by atoms with Crippen LogP contribution in [0.4, 0.5) is 4.39 Å². The minimum absolute atomic E-state index is 0. The molecule has 0 spiro atoms. The number of fused-ring (bicyclic) bond motifs is 3. The van der Waals surface area contributed by atoms with Crippen LogP contribution in [0.1, 0.15) is 20.9 Å². The molecule has 31 heavy (non-hydrogen) atoms. The van der Waals surface area contributed by atoms with Crippen LogP contribution >= 0.6 is 23.7 Å². The first-order valence-corrected chi connectivity index (χ1v) is 10.2. The van der Waals surface area contributed by atoms with Crippen LogP contribution in [0.3, 0.4) is 0 Å². The van der Waals surface area contributed by atoms with E-state index in [1.165, 1.54) is 34.1 Å². The van der Waals surface area contributed by atoms with Crippen molar-refractivity contribution in [3.05, 3.63) is 87.2 Å². The van der Waals surface area contributed by atoms with Gasteiger partial charge in [-0.2, -0.15) is 0 Å².